The summed E-state index contributed by atoms with van der Waals surface area (Å²) in [5.41, 5.74) is 1.05. The molecule has 1 rings (SSSR count). The molecular weight excluding hydrogens is 316 g/mol. The molecule has 0 unspecified atom stereocenters. The van der Waals surface area contributed by atoms with Crippen molar-refractivity contribution in [3.05, 3.63) is 23.9 Å². The summed E-state index contributed by atoms with van der Waals surface area (Å²) in [6.07, 6.45) is 1.78. The van der Waals surface area contributed by atoms with Crippen LogP contribution in [0.25, 0.3) is 0 Å². The average molecular weight is 348 g/mol. The summed E-state index contributed by atoms with van der Waals surface area (Å²) >= 11 is 0. The van der Waals surface area contributed by atoms with E-state index in [1.807, 2.05) is 68.7 Å². The Morgan fingerprint density at radius 1 is 1.20 bits per heavy atom. The first kappa shape index (κ1) is 20.7. The van der Waals surface area contributed by atoms with E-state index in [1.54, 1.807) is 6.20 Å². The van der Waals surface area contributed by atoms with Gasteiger partial charge in [0.25, 0.3) is 0 Å². The molecule has 0 fully saturated rings. The second kappa shape index (κ2) is 10.5. The van der Waals surface area contributed by atoms with Crippen LogP contribution in [0, 0.1) is 0 Å². The number of guanidine groups is 1. The molecule has 0 aromatic carbocycles. The predicted octanol–water partition coefficient (Wildman–Crippen LogP) is 1.41. The fraction of sp³-hybridized carbons (Fsp3) is 0.611. The molecule has 1 aromatic heterocycles. The number of hydrogen-bond acceptors (Lipinski definition) is 4. The summed E-state index contributed by atoms with van der Waals surface area (Å²) in [4.78, 5) is 27.1. The van der Waals surface area contributed by atoms with Gasteiger partial charge in [0, 0.05) is 52.5 Å². The number of nitrogens with one attached hydrogen (secondary N) is 1. The van der Waals surface area contributed by atoms with Gasteiger partial charge in [0.15, 0.2) is 5.96 Å². The lowest BCUT2D eigenvalue weighted by Gasteiger charge is -2.25. The number of carbonyl (C=O) groups is 1. The number of likely N-dealkylation sites (N-methyl/N-ethyl adjacent to an activating group) is 2. The molecule has 7 heteroatoms. The van der Waals surface area contributed by atoms with Gasteiger partial charge in [-0.25, -0.2) is 9.98 Å². The molecule has 0 aliphatic rings. The topological polar surface area (TPSA) is 64.1 Å². The van der Waals surface area contributed by atoms with E-state index in [9.17, 15) is 4.79 Å². The fourth-order valence-electron chi connectivity index (χ4n) is 2.54. The maximum absolute atomic E-state index is 12.3. The second-order valence-corrected chi connectivity index (χ2v) is 5.97. The molecule has 25 heavy (non-hydrogen) atoms. The van der Waals surface area contributed by atoms with E-state index in [2.05, 4.69) is 15.3 Å². The van der Waals surface area contributed by atoms with Gasteiger partial charge in [-0.1, -0.05) is 6.07 Å². The Hall–Kier alpha value is -2.31. The van der Waals surface area contributed by atoms with Crippen LogP contribution < -0.4 is 10.2 Å². The molecule has 0 bridgehead atoms. The number of aromatic nitrogens is 1. The number of anilines is 1. The zero-order chi connectivity index (χ0) is 18.8. The smallest absolute Gasteiger partial charge is 0.242 e. The van der Waals surface area contributed by atoms with E-state index >= 15 is 0 Å². The number of pyridine rings is 1. The third kappa shape index (κ3) is 6.25. The van der Waals surface area contributed by atoms with Gasteiger partial charge in [0.2, 0.25) is 5.91 Å². The molecular formula is C18H32N6O. The average Bonchev–Trinajstić information content (AvgIpc) is 2.59. The van der Waals surface area contributed by atoms with E-state index in [0.717, 1.165) is 37.0 Å². The number of rotatable bonds is 8. The summed E-state index contributed by atoms with van der Waals surface area (Å²) < 4.78 is 0. The summed E-state index contributed by atoms with van der Waals surface area (Å²) in [6.45, 7) is 9.00. The number of hydrogen-bond donors (Lipinski definition) is 1. The highest BCUT2D eigenvalue weighted by Crippen LogP contribution is 2.15. The molecule has 0 saturated heterocycles. The highest BCUT2D eigenvalue weighted by atomic mass is 16.2. The summed E-state index contributed by atoms with van der Waals surface area (Å²) in [5, 5.41) is 3.25. The molecule has 0 atom stereocenters. The van der Waals surface area contributed by atoms with Gasteiger partial charge in [0.05, 0.1) is 13.1 Å². The molecule has 0 radical (unpaired) electrons. The first-order valence-electron chi connectivity index (χ1n) is 8.82. The minimum atomic E-state index is 0.105. The quantitative estimate of drug-likeness (QED) is 0.568. The lowest BCUT2D eigenvalue weighted by Crippen LogP contribution is -2.45. The zero-order valence-corrected chi connectivity index (χ0v) is 16.4. The Labute approximate surface area is 151 Å². The Morgan fingerprint density at radius 3 is 2.44 bits per heavy atom. The number of carbonyl (C=O) groups excluding carboxylic acids is 1. The third-order valence-electron chi connectivity index (χ3n) is 3.88. The summed E-state index contributed by atoms with van der Waals surface area (Å²) in [7, 11) is 5.82. The van der Waals surface area contributed by atoms with E-state index in [0.29, 0.717) is 13.1 Å². The summed E-state index contributed by atoms with van der Waals surface area (Å²) in [5.74, 6) is 1.73. The molecule has 0 aliphatic heterocycles. The van der Waals surface area contributed by atoms with Crippen molar-refractivity contribution in [2.24, 2.45) is 4.99 Å². The van der Waals surface area contributed by atoms with Gasteiger partial charge in [-0.15, -0.1) is 0 Å². The van der Waals surface area contributed by atoms with Gasteiger partial charge in [-0.05, 0) is 26.8 Å². The molecule has 1 N–H and O–H groups in total. The number of amides is 1. The van der Waals surface area contributed by atoms with Crippen LogP contribution in [0.2, 0.25) is 0 Å². The Balaban J connectivity index is 2.88. The van der Waals surface area contributed by atoms with Gasteiger partial charge >= 0.3 is 0 Å². The van der Waals surface area contributed by atoms with E-state index in [1.165, 1.54) is 0 Å². The minimum absolute atomic E-state index is 0.105. The Bertz CT molecular complexity index is 568. The van der Waals surface area contributed by atoms with Crippen LogP contribution in [-0.4, -0.2) is 74.0 Å². The maximum Gasteiger partial charge on any atom is 0.242 e. The first-order valence-corrected chi connectivity index (χ1v) is 8.82. The van der Waals surface area contributed by atoms with Crippen molar-refractivity contribution in [1.29, 1.82) is 0 Å². The summed E-state index contributed by atoms with van der Waals surface area (Å²) in [6, 6.07) is 3.94. The first-order chi connectivity index (χ1) is 11.9. The van der Waals surface area contributed by atoms with Crippen LogP contribution in [0.4, 0.5) is 5.82 Å². The van der Waals surface area contributed by atoms with Gasteiger partial charge in [-0.2, -0.15) is 0 Å². The van der Waals surface area contributed by atoms with Crippen LogP contribution in [-0.2, 0) is 11.3 Å². The Morgan fingerprint density at radius 2 is 1.88 bits per heavy atom. The molecule has 1 heterocycles. The van der Waals surface area contributed by atoms with Crippen LogP contribution in [0.1, 0.15) is 26.3 Å². The standard InChI is InChI=1S/C18H32N6O/c1-7-19-18(23(6)14-16(25)24(8-2)9-3)21-13-15-11-10-12-20-17(15)22(4)5/h10-12H,7-9,13-14H2,1-6H3,(H,19,21). The van der Waals surface area contributed by atoms with E-state index in [4.69, 9.17) is 0 Å². The van der Waals surface area contributed by atoms with E-state index in [-0.39, 0.29) is 5.91 Å². The van der Waals surface area contributed by atoms with Crippen molar-refractivity contribution in [1.82, 2.24) is 20.1 Å². The van der Waals surface area contributed by atoms with Crippen LogP contribution in [0.3, 0.4) is 0 Å². The lowest BCUT2D eigenvalue weighted by atomic mass is 10.2. The molecule has 140 valence electrons. The van der Waals surface area contributed by atoms with Crippen LogP contribution >= 0.6 is 0 Å². The molecule has 1 amide bonds. The van der Waals surface area contributed by atoms with Crippen LogP contribution in [0.15, 0.2) is 23.3 Å². The number of nitrogens with zero attached hydrogens (tertiary/aromatic N) is 5. The van der Waals surface area contributed by atoms with Crippen LogP contribution in [0.5, 0.6) is 0 Å². The highest BCUT2D eigenvalue weighted by Gasteiger charge is 2.15. The van der Waals surface area contributed by atoms with Crippen molar-refractivity contribution >= 4 is 17.7 Å². The van der Waals surface area contributed by atoms with E-state index < -0.39 is 0 Å². The third-order valence-corrected chi connectivity index (χ3v) is 3.88. The van der Waals surface area contributed by atoms with Gasteiger partial charge in [-0.3, -0.25) is 4.79 Å². The highest BCUT2D eigenvalue weighted by molar-refractivity contribution is 5.86. The van der Waals surface area contributed by atoms with Crippen molar-refractivity contribution in [2.75, 3.05) is 52.2 Å². The fourth-order valence-corrected chi connectivity index (χ4v) is 2.54. The molecule has 1 aromatic rings. The second-order valence-electron chi connectivity index (χ2n) is 5.97. The SMILES string of the molecule is CCNC(=NCc1cccnc1N(C)C)N(C)CC(=O)N(CC)CC. The lowest BCUT2D eigenvalue weighted by molar-refractivity contribution is -0.131. The van der Waals surface area contributed by atoms with Crippen molar-refractivity contribution < 1.29 is 4.79 Å². The molecule has 0 aliphatic carbocycles. The number of aliphatic imine (C=N–C) groups is 1. The van der Waals surface area contributed by atoms with Gasteiger partial charge < -0.3 is 20.0 Å². The molecule has 0 saturated carbocycles. The molecule has 7 nitrogen and oxygen atoms in total. The minimum Gasteiger partial charge on any atom is -0.362 e. The zero-order valence-electron chi connectivity index (χ0n) is 16.4. The maximum atomic E-state index is 12.3. The monoisotopic (exact) mass is 348 g/mol. The van der Waals surface area contributed by atoms with Crippen molar-refractivity contribution in [2.45, 2.75) is 27.3 Å². The van der Waals surface area contributed by atoms with Crippen molar-refractivity contribution in [3.8, 4) is 0 Å². The Kier molecular flexibility index (Phi) is 8.74. The van der Waals surface area contributed by atoms with Gasteiger partial charge in [0.1, 0.15) is 5.82 Å². The molecule has 0 spiro atoms. The normalized spacial score (nSPS) is 11.2. The van der Waals surface area contributed by atoms with Crippen molar-refractivity contribution in [3.63, 3.8) is 0 Å². The largest absolute Gasteiger partial charge is 0.362 e. The predicted molar refractivity (Wildman–Crippen MR) is 104 cm³/mol.